The third-order valence-electron chi connectivity index (χ3n) is 18.6. The first-order valence-electron chi connectivity index (χ1n) is 40.4. The Morgan fingerprint density at radius 3 is 1.25 bits per heavy atom. The quantitative estimate of drug-likeness (QED) is 0.0205. The van der Waals surface area contributed by atoms with Gasteiger partial charge in [-0.25, -0.2) is 4.98 Å². The highest BCUT2D eigenvalue weighted by molar-refractivity contribution is 7.09. The van der Waals surface area contributed by atoms with Gasteiger partial charge >= 0.3 is 30.5 Å². The zero-order valence-electron chi connectivity index (χ0n) is 71.4. The number of amides is 3. The number of carbonyl (C=O) groups is 5. The van der Waals surface area contributed by atoms with Gasteiger partial charge in [0, 0.05) is 127 Å². The van der Waals surface area contributed by atoms with Crippen molar-refractivity contribution in [3.8, 4) is 23.0 Å². The molecule has 0 aliphatic carbocycles. The molecule has 3 amide bonds. The van der Waals surface area contributed by atoms with Gasteiger partial charge in [-0.2, -0.15) is 39.5 Å². The summed E-state index contributed by atoms with van der Waals surface area (Å²) in [5, 5.41) is 1.49. The largest absolute Gasteiger partial charge is 0.494 e. The van der Waals surface area contributed by atoms with Gasteiger partial charge in [-0.15, -0.1) is 11.3 Å². The minimum absolute atomic E-state index is 0.0906. The van der Waals surface area contributed by atoms with Crippen LogP contribution in [0.25, 0.3) is 0 Å². The molecule has 0 radical (unpaired) electrons. The highest BCUT2D eigenvalue weighted by Crippen LogP contribution is 2.34. The maximum absolute atomic E-state index is 13.5. The van der Waals surface area contributed by atoms with Crippen molar-refractivity contribution in [2.24, 2.45) is 7.05 Å². The summed E-state index contributed by atoms with van der Waals surface area (Å²) in [7, 11) is 1.74. The number of hydrogen-bond donors (Lipinski definition) is 0. The van der Waals surface area contributed by atoms with Crippen molar-refractivity contribution in [1.82, 2.24) is 44.1 Å². The average molecular weight is 1830 g/mol. The molecule has 0 saturated carbocycles. The van der Waals surface area contributed by atoms with E-state index < -0.39 is 84.3 Å². The van der Waals surface area contributed by atoms with Crippen LogP contribution in [0, 0.1) is 13.8 Å². The van der Waals surface area contributed by atoms with Gasteiger partial charge in [0.15, 0.2) is 0 Å². The summed E-state index contributed by atoms with van der Waals surface area (Å²) in [6.45, 7) is 7.16. The molecule has 0 aliphatic heterocycles. The van der Waals surface area contributed by atoms with E-state index in [1.54, 1.807) is 138 Å². The number of esters is 2. The first-order valence-corrected chi connectivity index (χ1v) is 41.4. The van der Waals surface area contributed by atoms with E-state index in [0.29, 0.717) is 82.4 Å². The molecule has 0 saturated heterocycles. The van der Waals surface area contributed by atoms with Crippen molar-refractivity contribution < 1.29 is 94.6 Å². The van der Waals surface area contributed by atoms with Gasteiger partial charge in [0.25, 0.3) is 17.7 Å². The van der Waals surface area contributed by atoms with Crippen LogP contribution in [0.2, 0.25) is 15.1 Å². The van der Waals surface area contributed by atoms with Crippen LogP contribution < -0.4 is 18.9 Å². The lowest BCUT2D eigenvalue weighted by molar-refractivity contribution is -0.161. The maximum atomic E-state index is 13.5. The fourth-order valence-electron chi connectivity index (χ4n) is 12.1. The van der Waals surface area contributed by atoms with Gasteiger partial charge < -0.3 is 47.7 Å². The second-order valence-corrected chi connectivity index (χ2v) is 30.6. The number of halogens is 12. The monoisotopic (exact) mass is 1830 g/mol. The molecule has 20 nitrogen and oxygen atoms in total. The number of benzene rings is 8. The number of aryl methyl sites for hydroxylation is 3. The molecule has 12 rings (SSSR count). The Morgan fingerprint density at radius 2 is 0.850 bits per heavy atom. The van der Waals surface area contributed by atoms with Crippen LogP contribution in [0.1, 0.15) is 106 Å². The summed E-state index contributed by atoms with van der Waals surface area (Å²) in [6, 6.07) is 57.0. The molecule has 0 aliphatic rings. The number of ether oxygens (including phenoxy) is 6. The fourth-order valence-corrected chi connectivity index (χ4v) is 13.3. The number of hydrogen-bond acceptors (Lipinski definition) is 17. The van der Waals surface area contributed by atoms with Gasteiger partial charge in [0.2, 0.25) is 12.2 Å². The van der Waals surface area contributed by atoms with Crippen LogP contribution in [0.4, 0.5) is 39.5 Å². The summed E-state index contributed by atoms with van der Waals surface area (Å²) in [6.07, 6.45) is -3.66. The van der Waals surface area contributed by atoms with Crippen LogP contribution in [0.5, 0.6) is 23.0 Å². The molecule has 4 aromatic heterocycles. The second kappa shape index (κ2) is 48.9. The number of thiazole rings is 1. The van der Waals surface area contributed by atoms with Crippen molar-refractivity contribution in [3.63, 3.8) is 0 Å². The molecule has 127 heavy (non-hydrogen) atoms. The van der Waals surface area contributed by atoms with E-state index in [4.69, 9.17) is 66.0 Å². The van der Waals surface area contributed by atoms with E-state index in [1.807, 2.05) is 66.4 Å². The van der Waals surface area contributed by atoms with Gasteiger partial charge in [-0.3, -0.25) is 43.8 Å². The molecule has 33 heteroatoms. The third-order valence-corrected chi connectivity index (χ3v) is 20.5. The van der Waals surface area contributed by atoms with E-state index in [-0.39, 0.29) is 56.8 Å². The molecule has 0 fully saturated rings. The third kappa shape index (κ3) is 33.2. The Balaban J connectivity index is 0.000000194. The van der Waals surface area contributed by atoms with Crippen molar-refractivity contribution in [2.75, 3.05) is 39.5 Å². The molecule has 668 valence electrons. The fraction of sp³-hybridized carbons (Fsp3) is 0.266. The van der Waals surface area contributed by atoms with E-state index >= 15 is 0 Å². The number of pyridine rings is 2. The number of aromatic nitrogens is 5. The van der Waals surface area contributed by atoms with Gasteiger partial charge in [0.05, 0.1) is 54.5 Å². The van der Waals surface area contributed by atoms with E-state index in [1.165, 1.54) is 45.0 Å². The molecule has 8 aromatic carbocycles. The zero-order valence-corrected chi connectivity index (χ0v) is 72.5. The second-order valence-electron chi connectivity index (χ2n) is 28.4. The summed E-state index contributed by atoms with van der Waals surface area (Å²) >= 11 is 20.2. The maximum Gasteiger partial charge on any atom is 0.416 e. The lowest BCUT2D eigenvalue weighted by Crippen LogP contribution is -2.43. The van der Waals surface area contributed by atoms with Crippen LogP contribution in [0.3, 0.4) is 0 Å². The minimum Gasteiger partial charge on any atom is -0.494 e. The van der Waals surface area contributed by atoms with E-state index in [9.17, 15) is 63.5 Å². The smallest absolute Gasteiger partial charge is 0.416 e. The molecular formula is C94H91Cl3F9N9O11S. The van der Waals surface area contributed by atoms with Crippen molar-refractivity contribution >= 4 is 75.8 Å². The molecule has 12 aromatic rings. The van der Waals surface area contributed by atoms with Gasteiger partial charge in [-0.05, 0) is 181 Å². The van der Waals surface area contributed by atoms with Crippen molar-refractivity contribution in [1.29, 1.82) is 0 Å². The molecular weight excluding hydrogens is 1740 g/mol. The zero-order chi connectivity index (χ0) is 93.3. The molecule has 4 heterocycles. The standard InChI is InChI=1S/C25H22ClF3N2O4.C24H28N2O.C23H20ClF3N2O4S.C22H21ClF3N3O2/c1-17(32)35-23(16-34-21-10-8-20(9-11-21)25(27,28)29)24(33)31(14-18-5-4-12-30-13-18)15-19-6-2-3-7-22(19)26;1-20-10-12-24(13-11-20)27-16-6-15-26(18-22-8-5-14-25-17-22)19-23-9-4-3-7-21(23)2;1-15(30)33-21(13-32-18-8-6-17(7-9-18)23(25,26)27)22(31)29(12-19-10-28-14-34-19)11-16-4-2-3-5-20(16)24;1-28-15-27-13-20(28)21(30)29(14-16-5-2-3-6-19(16)23)11-4-12-31-18-9-7-17(8-10-18)22(24,25)26/h2-13,23H,14-16H2,1H3;3-5,7-14,17H,6,15-16,18-19H2,1-2H3;2-10,14,21H,11-13H2,1H3;2-3,5-10,13,15H,4,11-12,14H2,1H3/i;18D2;;. The first kappa shape index (κ1) is 95.3. The number of nitrogens with zero attached hydrogens (tertiary/aromatic N) is 9. The van der Waals surface area contributed by atoms with Gasteiger partial charge in [-0.1, -0.05) is 143 Å². The summed E-state index contributed by atoms with van der Waals surface area (Å²) < 4.78 is 167. The molecule has 0 bridgehead atoms. The molecule has 0 spiro atoms. The van der Waals surface area contributed by atoms with Crippen LogP contribution >= 0.6 is 46.1 Å². The molecule has 2 atom stereocenters. The normalized spacial score (nSPS) is 12.0. The predicted molar refractivity (Wildman–Crippen MR) is 465 cm³/mol. The Hall–Kier alpha value is -12.4. The van der Waals surface area contributed by atoms with E-state index in [0.717, 1.165) is 114 Å². The first-order chi connectivity index (χ1) is 61.5. The molecule has 0 N–H and O–H groups in total. The highest BCUT2D eigenvalue weighted by Gasteiger charge is 2.35. The number of carbonyl (C=O) groups excluding carboxylic acids is 5. The lowest BCUT2D eigenvalue weighted by atomic mass is 10.1. The Morgan fingerprint density at radius 1 is 0.441 bits per heavy atom. The average Bonchev–Trinajstić information content (AvgIpc) is 1.28. The predicted octanol–water partition coefficient (Wildman–Crippen LogP) is 21.0. The van der Waals surface area contributed by atoms with E-state index in [2.05, 4.69) is 39.0 Å². The Kier molecular flexibility index (Phi) is 36.7. The lowest BCUT2D eigenvalue weighted by Gasteiger charge is -2.27. The molecule has 2 unspecified atom stereocenters. The Bertz CT molecular complexity index is 5530. The number of alkyl halides is 9. The van der Waals surface area contributed by atoms with Crippen LogP contribution in [-0.2, 0) is 100.0 Å². The summed E-state index contributed by atoms with van der Waals surface area (Å²) in [5.41, 5.74) is 6.64. The van der Waals surface area contributed by atoms with Crippen LogP contribution in [0.15, 0.2) is 267 Å². The highest BCUT2D eigenvalue weighted by atomic mass is 35.5. The number of imidazole rings is 1. The minimum atomic E-state index is -4.49. The van der Waals surface area contributed by atoms with Crippen molar-refractivity contribution in [3.05, 3.63) is 354 Å². The summed E-state index contributed by atoms with van der Waals surface area (Å²) in [5.74, 6) is -1.35. The van der Waals surface area contributed by atoms with Gasteiger partial charge in [0.1, 0.15) is 41.9 Å². The topological polar surface area (TPSA) is 210 Å². The Labute approximate surface area is 751 Å². The summed E-state index contributed by atoms with van der Waals surface area (Å²) in [4.78, 5) is 86.6. The van der Waals surface area contributed by atoms with Crippen molar-refractivity contribution in [2.45, 2.75) is 117 Å². The number of rotatable bonds is 35. The SMILES string of the molecule is CC(=O)OC(COc1ccc(C(F)(F)F)cc1)C(=O)N(Cc1cccnc1)Cc1ccccc1Cl.CC(=O)OC(COc1ccc(C(F)(F)F)cc1)C(=O)N(Cc1cncs1)Cc1ccccc1Cl.Cn1cncc1C(=O)N(CCCOc1ccc(C(F)(F)F)cc1)Cc1ccccc1Cl.[2H]C([2H])(c1cccnc1)N(CCCOc1ccc(C)cc1)Cc1ccccc1C. The van der Waals surface area contributed by atoms with Crippen LogP contribution in [-0.4, -0.2) is 125 Å².